The van der Waals surface area contributed by atoms with Crippen molar-refractivity contribution < 1.29 is 14.3 Å². The molecule has 0 saturated heterocycles. The van der Waals surface area contributed by atoms with E-state index in [1.54, 1.807) is 31.5 Å². The van der Waals surface area contributed by atoms with Crippen molar-refractivity contribution in [1.29, 1.82) is 0 Å². The molecule has 122 valence electrons. The molecule has 0 spiro atoms. The van der Waals surface area contributed by atoms with E-state index in [0.717, 1.165) is 27.6 Å². The Morgan fingerprint density at radius 2 is 1.88 bits per heavy atom. The average molecular weight is 342 g/mol. The summed E-state index contributed by atoms with van der Waals surface area (Å²) in [6.07, 6.45) is 1.75. The van der Waals surface area contributed by atoms with Crippen molar-refractivity contribution in [3.63, 3.8) is 0 Å². The van der Waals surface area contributed by atoms with Gasteiger partial charge in [0.1, 0.15) is 5.75 Å². The molecule has 24 heavy (non-hydrogen) atoms. The van der Waals surface area contributed by atoms with E-state index < -0.39 is 0 Å². The summed E-state index contributed by atoms with van der Waals surface area (Å²) in [5.74, 6) is 0.286. The van der Waals surface area contributed by atoms with Crippen molar-refractivity contribution in [2.45, 2.75) is 6.92 Å². The van der Waals surface area contributed by atoms with E-state index in [-0.39, 0.29) is 5.97 Å². The SMILES string of the molecule is COC(=O)c1cc(C)c2nccc(-c3ccc(Cl)cc3OC)c2c1. The Kier molecular flexibility index (Phi) is 4.40. The van der Waals surface area contributed by atoms with Crippen LogP contribution in [0.1, 0.15) is 15.9 Å². The minimum atomic E-state index is -0.377. The molecule has 4 nitrogen and oxygen atoms in total. The fraction of sp³-hybridized carbons (Fsp3) is 0.158. The number of rotatable bonds is 3. The molecule has 3 rings (SSSR count). The van der Waals surface area contributed by atoms with Crippen LogP contribution in [0.4, 0.5) is 0 Å². The Balaban J connectivity index is 2.33. The second-order valence-corrected chi connectivity index (χ2v) is 5.82. The Labute approximate surface area is 145 Å². The van der Waals surface area contributed by atoms with Gasteiger partial charge in [-0.25, -0.2) is 4.79 Å². The molecule has 0 aliphatic rings. The van der Waals surface area contributed by atoms with Gasteiger partial charge in [0, 0.05) is 22.2 Å². The Bertz CT molecular complexity index is 937. The Morgan fingerprint density at radius 1 is 1.08 bits per heavy atom. The van der Waals surface area contributed by atoms with Crippen LogP contribution >= 0.6 is 11.6 Å². The average Bonchev–Trinajstić information content (AvgIpc) is 2.60. The van der Waals surface area contributed by atoms with Gasteiger partial charge < -0.3 is 9.47 Å². The summed E-state index contributed by atoms with van der Waals surface area (Å²) in [5.41, 5.74) is 4.03. The molecule has 1 aromatic heterocycles. The lowest BCUT2D eigenvalue weighted by Crippen LogP contribution is -2.02. The summed E-state index contributed by atoms with van der Waals surface area (Å²) in [6.45, 7) is 1.92. The molecule has 0 aliphatic carbocycles. The summed E-state index contributed by atoms with van der Waals surface area (Å²) < 4.78 is 10.3. The number of pyridine rings is 1. The second-order valence-electron chi connectivity index (χ2n) is 5.38. The Morgan fingerprint density at radius 3 is 2.58 bits per heavy atom. The highest BCUT2D eigenvalue weighted by Crippen LogP contribution is 2.37. The molecule has 0 atom stereocenters. The van der Waals surface area contributed by atoms with Crippen molar-refractivity contribution in [3.8, 4) is 16.9 Å². The first kappa shape index (κ1) is 16.3. The molecular weight excluding hydrogens is 326 g/mol. The molecule has 0 bridgehead atoms. The zero-order valence-corrected chi connectivity index (χ0v) is 14.3. The monoisotopic (exact) mass is 341 g/mol. The van der Waals surface area contributed by atoms with Crippen LogP contribution < -0.4 is 4.74 Å². The van der Waals surface area contributed by atoms with Gasteiger partial charge in [-0.3, -0.25) is 4.98 Å². The maximum Gasteiger partial charge on any atom is 0.337 e. The molecule has 0 saturated carbocycles. The molecule has 0 N–H and O–H groups in total. The largest absolute Gasteiger partial charge is 0.496 e. The van der Waals surface area contributed by atoms with E-state index >= 15 is 0 Å². The number of halogens is 1. The molecule has 0 unspecified atom stereocenters. The van der Waals surface area contributed by atoms with Crippen LogP contribution in [0.3, 0.4) is 0 Å². The van der Waals surface area contributed by atoms with Crippen molar-refractivity contribution in [2.24, 2.45) is 0 Å². The van der Waals surface area contributed by atoms with Gasteiger partial charge in [-0.05, 0) is 54.4 Å². The highest BCUT2D eigenvalue weighted by atomic mass is 35.5. The van der Waals surface area contributed by atoms with Crippen LogP contribution in [0.2, 0.25) is 5.02 Å². The highest BCUT2D eigenvalue weighted by Gasteiger charge is 2.15. The first-order valence-electron chi connectivity index (χ1n) is 7.36. The van der Waals surface area contributed by atoms with Gasteiger partial charge in [0.2, 0.25) is 0 Å². The topological polar surface area (TPSA) is 48.4 Å². The van der Waals surface area contributed by atoms with Gasteiger partial charge in [-0.2, -0.15) is 0 Å². The van der Waals surface area contributed by atoms with Gasteiger partial charge in [-0.1, -0.05) is 11.6 Å². The molecule has 2 aromatic carbocycles. The number of aryl methyl sites for hydroxylation is 1. The predicted molar refractivity (Wildman–Crippen MR) is 94.8 cm³/mol. The maximum atomic E-state index is 11.9. The fourth-order valence-electron chi connectivity index (χ4n) is 2.79. The maximum absolute atomic E-state index is 11.9. The lowest BCUT2D eigenvalue weighted by molar-refractivity contribution is 0.0601. The van der Waals surface area contributed by atoms with Gasteiger partial charge in [0.25, 0.3) is 0 Å². The van der Waals surface area contributed by atoms with Crippen molar-refractivity contribution in [1.82, 2.24) is 4.98 Å². The third kappa shape index (κ3) is 2.81. The van der Waals surface area contributed by atoms with Crippen LogP contribution in [0, 0.1) is 6.92 Å². The summed E-state index contributed by atoms with van der Waals surface area (Å²) in [6, 6.07) is 10.9. The van der Waals surface area contributed by atoms with Gasteiger partial charge in [-0.15, -0.1) is 0 Å². The zero-order valence-electron chi connectivity index (χ0n) is 13.6. The number of methoxy groups -OCH3 is 2. The highest BCUT2D eigenvalue weighted by molar-refractivity contribution is 6.30. The number of aromatic nitrogens is 1. The molecule has 3 aromatic rings. The van der Waals surface area contributed by atoms with Crippen molar-refractivity contribution in [3.05, 3.63) is 58.7 Å². The summed E-state index contributed by atoms with van der Waals surface area (Å²) in [7, 11) is 2.97. The summed E-state index contributed by atoms with van der Waals surface area (Å²) >= 11 is 6.06. The van der Waals surface area contributed by atoms with Crippen molar-refractivity contribution in [2.75, 3.05) is 14.2 Å². The van der Waals surface area contributed by atoms with E-state index in [1.807, 2.05) is 25.1 Å². The first-order valence-corrected chi connectivity index (χ1v) is 7.74. The third-order valence-corrected chi connectivity index (χ3v) is 4.15. The lowest BCUT2D eigenvalue weighted by Gasteiger charge is -2.13. The van der Waals surface area contributed by atoms with Crippen LogP contribution in [-0.4, -0.2) is 25.2 Å². The van der Waals surface area contributed by atoms with E-state index in [0.29, 0.717) is 16.3 Å². The van der Waals surface area contributed by atoms with E-state index in [9.17, 15) is 4.79 Å². The molecule has 0 radical (unpaired) electrons. The predicted octanol–water partition coefficient (Wildman–Crippen LogP) is 4.66. The van der Waals surface area contributed by atoms with E-state index in [1.165, 1.54) is 7.11 Å². The smallest absolute Gasteiger partial charge is 0.337 e. The van der Waals surface area contributed by atoms with Crippen LogP contribution in [0.5, 0.6) is 5.75 Å². The molecule has 0 fully saturated rings. The van der Waals surface area contributed by atoms with Crippen LogP contribution in [0.25, 0.3) is 22.0 Å². The number of esters is 1. The Hall–Kier alpha value is -2.59. The minimum absolute atomic E-state index is 0.377. The number of benzene rings is 2. The number of carbonyl (C=O) groups excluding carboxylic acids is 1. The molecule has 0 amide bonds. The number of ether oxygens (including phenoxy) is 2. The van der Waals surface area contributed by atoms with E-state index in [4.69, 9.17) is 21.1 Å². The van der Waals surface area contributed by atoms with Gasteiger partial charge in [0.15, 0.2) is 0 Å². The quantitative estimate of drug-likeness (QED) is 0.650. The number of carbonyl (C=O) groups is 1. The molecule has 0 aliphatic heterocycles. The zero-order chi connectivity index (χ0) is 17.3. The molecule has 5 heteroatoms. The normalized spacial score (nSPS) is 10.7. The fourth-order valence-corrected chi connectivity index (χ4v) is 2.95. The van der Waals surface area contributed by atoms with Gasteiger partial charge >= 0.3 is 5.97 Å². The van der Waals surface area contributed by atoms with E-state index in [2.05, 4.69) is 4.98 Å². The number of nitrogens with zero attached hydrogens (tertiary/aromatic N) is 1. The molecular formula is C19H16ClNO3. The summed E-state index contributed by atoms with van der Waals surface area (Å²) in [5, 5.41) is 1.46. The van der Waals surface area contributed by atoms with Crippen LogP contribution in [-0.2, 0) is 4.74 Å². The van der Waals surface area contributed by atoms with Gasteiger partial charge in [0.05, 0.1) is 25.3 Å². The third-order valence-electron chi connectivity index (χ3n) is 3.91. The number of hydrogen-bond donors (Lipinski definition) is 0. The number of fused-ring (bicyclic) bond motifs is 1. The first-order chi connectivity index (χ1) is 11.5. The summed E-state index contributed by atoms with van der Waals surface area (Å²) in [4.78, 5) is 16.4. The van der Waals surface area contributed by atoms with Crippen LogP contribution in [0.15, 0.2) is 42.6 Å². The molecule has 1 heterocycles. The lowest BCUT2D eigenvalue weighted by atomic mass is 9.97. The standard InChI is InChI=1S/C19H16ClNO3/c1-11-8-12(19(22)24-3)9-16-14(6-7-21-18(11)16)15-5-4-13(20)10-17(15)23-2/h4-10H,1-3H3. The number of hydrogen-bond acceptors (Lipinski definition) is 4. The van der Waals surface area contributed by atoms with Crippen molar-refractivity contribution >= 4 is 28.5 Å². The minimum Gasteiger partial charge on any atom is -0.496 e. The second kappa shape index (κ2) is 6.49.